The maximum Gasteiger partial charge on any atom is 0.0621 e. The highest BCUT2D eigenvalue weighted by Crippen LogP contribution is 2.22. The Morgan fingerprint density at radius 1 is 1.06 bits per heavy atom. The van der Waals surface area contributed by atoms with Crippen molar-refractivity contribution in [3.05, 3.63) is 63.9 Å². The lowest BCUT2D eigenvalue weighted by Crippen LogP contribution is -2.14. The summed E-state index contributed by atoms with van der Waals surface area (Å²) in [4.78, 5) is 3.94. The van der Waals surface area contributed by atoms with Gasteiger partial charge in [-0.05, 0) is 41.8 Å². The predicted octanol–water partition coefficient (Wildman–Crippen LogP) is 3.53. The molecular formula is C14H13Cl2NO. The molecule has 0 aliphatic carbocycles. The van der Waals surface area contributed by atoms with Crippen LogP contribution in [0.1, 0.15) is 11.1 Å². The largest absolute Gasteiger partial charge is 0.392 e. The van der Waals surface area contributed by atoms with Gasteiger partial charge in [0, 0.05) is 28.9 Å². The highest BCUT2D eigenvalue weighted by Gasteiger charge is 2.09. The Morgan fingerprint density at radius 3 is 2.44 bits per heavy atom. The fourth-order valence-electron chi connectivity index (χ4n) is 1.80. The lowest BCUT2D eigenvalue weighted by molar-refractivity contribution is 0.175. The van der Waals surface area contributed by atoms with E-state index in [4.69, 9.17) is 23.2 Å². The molecular weight excluding hydrogens is 269 g/mol. The van der Waals surface area contributed by atoms with Crippen molar-refractivity contribution in [2.45, 2.75) is 18.9 Å². The van der Waals surface area contributed by atoms with E-state index in [2.05, 4.69) is 4.98 Å². The Kier molecular flexibility index (Phi) is 4.59. The Labute approximate surface area is 116 Å². The second kappa shape index (κ2) is 6.19. The smallest absolute Gasteiger partial charge is 0.0621 e. The zero-order chi connectivity index (χ0) is 13.0. The molecule has 18 heavy (non-hydrogen) atoms. The van der Waals surface area contributed by atoms with Crippen LogP contribution in [0.5, 0.6) is 0 Å². The van der Waals surface area contributed by atoms with Crippen molar-refractivity contribution in [1.29, 1.82) is 0 Å². The summed E-state index contributed by atoms with van der Waals surface area (Å²) in [6, 6.07) is 9.11. The van der Waals surface area contributed by atoms with Gasteiger partial charge in [0.1, 0.15) is 0 Å². The molecule has 2 nitrogen and oxygen atoms in total. The molecule has 1 heterocycles. The van der Waals surface area contributed by atoms with Gasteiger partial charge in [-0.3, -0.25) is 4.98 Å². The van der Waals surface area contributed by atoms with Crippen LogP contribution in [0.4, 0.5) is 0 Å². The predicted molar refractivity (Wildman–Crippen MR) is 74.1 cm³/mol. The summed E-state index contributed by atoms with van der Waals surface area (Å²) in [5.41, 5.74) is 1.96. The van der Waals surface area contributed by atoms with Crippen LogP contribution in [0.25, 0.3) is 0 Å². The van der Waals surface area contributed by atoms with Crippen LogP contribution in [0, 0.1) is 0 Å². The van der Waals surface area contributed by atoms with E-state index in [9.17, 15) is 5.11 Å². The number of aliphatic hydroxyl groups excluding tert-OH is 1. The number of aromatic nitrogens is 1. The van der Waals surface area contributed by atoms with E-state index in [1.807, 2.05) is 18.2 Å². The van der Waals surface area contributed by atoms with Crippen molar-refractivity contribution >= 4 is 23.2 Å². The van der Waals surface area contributed by atoms with Crippen LogP contribution in [0.2, 0.25) is 10.0 Å². The van der Waals surface area contributed by atoms with Crippen molar-refractivity contribution in [3.63, 3.8) is 0 Å². The Bertz CT molecular complexity index is 516. The van der Waals surface area contributed by atoms with Gasteiger partial charge in [-0.15, -0.1) is 0 Å². The fourth-order valence-corrected chi connectivity index (χ4v) is 2.29. The average Bonchev–Trinajstić information content (AvgIpc) is 2.34. The molecule has 0 spiro atoms. The van der Waals surface area contributed by atoms with Crippen LogP contribution in [-0.2, 0) is 12.8 Å². The molecule has 0 fully saturated rings. The van der Waals surface area contributed by atoms with Crippen LogP contribution in [0.3, 0.4) is 0 Å². The second-order valence-electron chi connectivity index (χ2n) is 4.15. The molecule has 1 unspecified atom stereocenters. The third-order valence-corrected chi connectivity index (χ3v) is 3.28. The zero-order valence-electron chi connectivity index (χ0n) is 9.68. The van der Waals surface area contributed by atoms with E-state index in [-0.39, 0.29) is 0 Å². The summed E-state index contributed by atoms with van der Waals surface area (Å²) in [5.74, 6) is 0. The maximum atomic E-state index is 10.0. The van der Waals surface area contributed by atoms with Gasteiger partial charge in [-0.1, -0.05) is 29.3 Å². The lowest BCUT2D eigenvalue weighted by Gasteiger charge is -2.12. The number of hydrogen-bond donors (Lipinski definition) is 1. The Hall–Kier alpha value is -1.09. The molecule has 1 aromatic carbocycles. The Morgan fingerprint density at radius 2 is 1.78 bits per heavy atom. The number of pyridine rings is 1. The van der Waals surface area contributed by atoms with Gasteiger partial charge in [0.05, 0.1) is 6.10 Å². The molecule has 0 bridgehead atoms. The minimum atomic E-state index is -0.467. The summed E-state index contributed by atoms with van der Waals surface area (Å²) in [6.07, 6.45) is 4.07. The molecule has 1 aromatic heterocycles. The second-order valence-corrected chi connectivity index (χ2v) is 5.00. The summed E-state index contributed by atoms with van der Waals surface area (Å²) in [5, 5.41) is 11.2. The van der Waals surface area contributed by atoms with E-state index in [1.165, 1.54) is 0 Å². The third-order valence-electron chi connectivity index (χ3n) is 2.69. The van der Waals surface area contributed by atoms with Gasteiger partial charge in [0.2, 0.25) is 0 Å². The number of halogens is 2. The number of aliphatic hydroxyl groups is 1. The van der Waals surface area contributed by atoms with E-state index in [0.717, 1.165) is 11.1 Å². The van der Waals surface area contributed by atoms with Crippen LogP contribution >= 0.6 is 23.2 Å². The molecule has 0 saturated heterocycles. The number of benzene rings is 1. The summed E-state index contributed by atoms with van der Waals surface area (Å²) in [7, 11) is 0. The average molecular weight is 282 g/mol. The number of hydrogen-bond acceptors (Lipinski definition) is 2. The first-order valence-electron chi connectivity index (χ1n) is 5.66. The lowest BCUT2D eigenvalue weighted by atomic mass is 10.0. The van der Waals surface area contributed by atoms with E-state index >= 15 is 0 Å². The molecule has 1 N–H and O–H groups in total. The molecule has 4 heteroatoms. The highest BCUT2D eigenvalue weighted by atomic mass is 35.5. The van der Waals surface area contributed by atoms with Crippen molar-refractivity contribution in [2.24, 2.45) is 0 Å². The minimum absolute atomic E-state index is 0.467. The molecule has 2 aromatic rings. The van der Waals surface area contributed by atoms with Gasteiger partial charge < -0.3 is 5.11 Å². The van der Waals surface area contributed by atoms with Crippen molar-refractivity contribution < 1.29 is 5.11 Å². The third kappa shape index (κ3) is 3.70. The molecule has 0 amide bonds. The molecule has 94 valence electrons. The van der Waals surface area contributed by atoms with Crippen molar-refractivity contribution in [2.75, 3.05) is 0 Å². The highest BCUT2D eigenvalue weighted by molar-refractivity contribution is 6.35. The first-order chi connectivity index (χ1) is 8.65. The monoisotopic (exact) mass is 281 g/mol. The Balaban J connectivity index is 2.01. The van der Waals surface area contributed by atoms with Crippen LogP contribution < -0.4 is 0 Å². The maximum absolute atomic E-state index is 10.0. The normalized spacial score (nSPS) is 12.4. The molecule has 0 radical (unpaired) electrons. The van der Waals surface area contributed by atoms with Crippen molar-refractivity contribution in [1.82, 2.24) is 4.98 Å². The minimum Gasteiger partial charge on any atom is -0.392 e. The summed E-state index contributed by atoms with van der Waals surface area (Å²) >= 11 is 11.9. The zero-order valence-corrected chi connectivity index (χ0v) is 11.2. The van der Waals surface area contributed by atoms with Crippen LogP contribution in [-0.4, -0.2) is 16.2 Å². The summed E-state index contributed by atoms with van der Waals surface area (Å²) in [6.45, 7) is 0. The molecule has 0 aliphatic heterocycles. The standard InChI is InChI=1S/C14H13Cl2NO/c15-12-2-1-11(14(16)9-12)8-13(18)7-10-3-5-17-6-4-10/h1-6,9,13,18H,7-8H2. The molecule has 0 aliphatic rings. The molecule has 1 atom stereocenters. The van der Waals surface area contributed by atoms with Gasteiger partial charge in [-0.2, -0.15) is 0 Å². The SMILES string of the molecule is OC(Cc1ccncc1)Cc1ccc(Cl)cc1Cl. The molecule has 2 rings (SSSR count). The number of rotatable bonds is 4. The van der Waals surface area contributed by atoms with Gasteiger partial charge in [0.25, 0.3) is 0 Å². The summed E-state index contributed by atoms with van der Waals surface area (Å²) < 4.78 is 0. The fraction of sp³-hybridized carbons (Fsp3) is 0.214. The number of nitrogens with zero attached hydrogens (tertiary/aromatic N) is 1. The first-order valence-corrected chi connectivity index (χ1v) is 6.41. The van der Waals surface area contributed by atoms with Gasteiger partial charge >= 0.3 is 0 Å². The van der Waals surface area contributed by atoms with Gasteiger partial charge in [-0.25, -0.2) is 0 Å². The van der Waals surface area contributed by atoms with E-state index in [1.54, 1.807) is 24.5 Å². The van der Waals surface area contributed by atoms with E-state index in [0.29, 0.717) is 22.9 Å². The molecule has 0 saturated carbocycles. The van der Waals surface area contributed by atoms with Crippen molar-refractivity contribution in [3.8, 4) is 0 Å². The quantitative estimate of drug-likeness (QED) is 0.930. The first kappa shape index (κ1) is 13.3. The van der Waals surface area contributed by atoms with Gasteiger partial charge in [0.15, 0.2) is 0 Å². The van der Waals surface area contributed by atoms with E-state index < -0.39 is 6.10 Å². The topological polar surface area (TPSA) is 33.1 Å². The van der Waals surface area contributed by atoms with Crippen LogP contribution in [0.15, 0.2) is 42.7 Å².